The number of anilines is 3. The summed E-state index contributed by atoms with van der Waals surface area (Å²) >= 11 is 0. The number of nitrogens with zero attached hydrogens (tertiary/aromatic N) is 1. The van der Waals surface area contributed by atoms with Gasteiger partial charge < -0.3 is 4.90 Å². The maximum absolute atomic E-state index is 2.55. The highest BCUT2D eigenvalue weighted by molar-refractivity contribution is 5.91. The molecule has 5 aliphatic rings. The minimum atomic E-state index is 0.118. The van der Waals surface area contributed by atoms with Gasteiger partial charge in [-0.3, -0.25) is 0 Å². The van der Waals surface area contributed by atoms with Crippen molar-refractivity contribution in [1.82, 2.24) is 0 Å². The molecule has 0 atom stereocenters. The number of benzene rings is 5. The maximum Gasteiger partial charge on any atom is 0.0509 e. The van der Waals surface area contributed by atoms with E-state index in [1.807, 2.05) is 0 Å². The molecule has 0 saturated heterocycles. The third-order valence-electron chi connectivity index (χ3n) is 11.0. The van der Waals surface area contributed by atoms with Crippen molar-refractivity contribution in [3.8, 4) is 22.3 Å². The number of fused-ring (bicyclic) bond motifs is 3. The van der Waals surface area contributed by atoms with Crippen molar-refractivity contribution in [3.05, 3.63) is 139 Å². The Bertz CT molecular complexity index is 1710. The molecule has 5 aliphatic carbocycles. The molecule has 41 heavy (non-hydrogen) atoms. The first-order valence-corrected chi connectivity index (χ1v) is 15.5. The molecule has 1 spiro atoms. The van der Waals surface area contributed by atoms with E-state index in [1.165, 1.54) is 71.4 Å². The van der Waals surface area contributed by atoms with Crippen molar-refractivity contribution in [2.45, 2.75) is 37.5 Å². The molecule has 0 aliphatic heterocycles. The van der Waals surface area contributed by atoms with Gasteiger partial charge in [0.2, 0.25) is 0 Å². The number of hydrogen-bond donors (Lipinski definition) is 0. The summed E-state index contributed by atoms with van der Waals surface area (Å²) in [7, 11) is 0. The Morgan fingerprint density at radius 1 is 0.463 bits per heavy atom. The van der Waals surface area contributed by atoms with E-state index < -0.39 is 0 Å². The molecule has 5 aromatic rings. The van der Waals surface area contributed by atoms with Crippen LogP contribution < -0.4 is 4.90 Å². The molecule has 0 N–H and O–H groups in total. The third-order valence-corrected chi connectivity index (χ3v) is 11.0. The van der Waals surface area contributed by atoms with Gasteiger partial charge in [0, 0.05) is 16.8 Å². The molecule has 4 fully saturated rings. The summed E-state index contributed by atoms with van der Waals surface area (Å²) in [5.74, 6) is 3.34. The minimum absolute atomic E-state index is 0.118. The highest BCUT2D eigenvalue weighted by atomic mass is 15.1. The van der Waals surface area contributed by atoms with Gasteiger partial charge >= 0.3 is 0 Å². The topological polar surface area (TPSA) is 3.24 Å². The Balaban J connectivity index is 1.27. The second kappa shape index (κ2) is 8.95. The summed E-state index contributed by atoms with van der Waals surface area (Å²) in [5, 5.41) is 0. The molecular formula is C40H35N. The SMILES string of the molecule is c1ccc(-c2ccc(N(c3ccccc3)c3cccc4c3C3(c5ccccc5-4)C4CC5CC(C4)CC3C5)cc2)cc1. The zero-order chi connectivity index (χ0) is 27.0. The van der Waals surface area contributed by atoms with Crippen molar-refractivity contribution in [2.75, 3.05) is 4.90 Å². The van der Waals surface area contributed by atoms with Crippen molar-refractivity contribution < 1.29 is 0 Å². The van der Waals surface area contributed by atoms with Crippen molar-refractivity contribution >= 4 is 17.1 Å². The normalized spacial score (nSPS) is 26.6. The molecule has 4 bridgehead atoms. The molecule has 0 heterocycles. The Kier molecular flexibility index (Phi) is 5.15. The molecule has 4 saturated carbocycles. The summed E-state index contributed by atoms with van der Waals surface area (Å²) < 4.78 is 0. The smallest absolute Gasteiger partial charge is 0.0509 e. The van der Waals surface area contributed by atoms with Gasteiger partial charge in [-0.05, 0) is 119 Å². The highest BCUT2D eigenvalue weighted by Crippen LogP contribution is 2.70. The van der Waals surface area contributed by atoms with Crippen LogP contribution in [0.25, 0.3) is 22.3 Å². The second-order valence-corrected chi connectivity index (χ2v) is 13.0. The second-order valence-electron chi connectivity index (χ2n) is 13.0. The Hall–Kier alpha value is -4.10. The van der Waals surface area contributed by atoms with Crippen molar-refractivity contribution in [3.63, 3.8) is 0 Å². The lowest BCUT2D eigenvalue weighted by Crippen LogP contribution is -2.55. The summed E-state index contributed by atoms with van der Waals surface area (Å²) in [6.07, 6.45) is 7.06. The van der Waals surface area contributed by atoms with Crippen LogP contribution in [0.15, 0.2) is 127 Å². The first kappa shape index (κ1) is 23.6. The van der Waals surface area contributed by atoms with Gasteiger partial charge in [0.15, 0.2) is 0 Å². The molecule has 0 unspecified atom stereocenters. The Labute approximate surface area is 243 Å². The van der Waals surface area contributed by atoms with Crippen LogP contribution in [0.2, 0.25) is 0 Å². The molecule has 1 heteroatoms. The summed E-state index contributed by atoms with van der Waals surface area (Å²) in [6, 6.07) is 47.5. The van der Waals surface area contributed by atoms with Gasteiger partial charge in [0.25, 0.3) is 0 Å². The minimum Gasteiger partial charge on any atom is -0.310 e. The maximum atomic E-state index is 2.55. The molecule has 10 rings (SSSR count). The van der Waals surface area contributed by atoms with Crippen molar-refractivity contribution in [2.24, 2.45) is 23.7 Å². The van der Waals surface area contributed by atoms with E-state index in [0.717, 1.165) is 23.7 Å². The standard InChI is InChI=1S/C40H35N/c1-3-10-29(11-4-1)30-18-20-34(21-19-30)41(33-12-5-2-6-13-33)38-17-9-15-36-35-14-7-8-16-37(35)40(39(36)38)31-23-27-22-28(25-31)26-32(40)24-27/h1-21,27-28,31-32H,22-26H2. The fourth-order valence-electron chi connectivity index (χ4n) is 9.81. The van der Waals surface area contributed by atoms with E-state index in [1.54, 1.807) is 11.1 Å². The van der Waals surface area contributed by atoms with Gasteiger partial charge in [-0.25, -0.2) is 0 Å². The number of rotatable bonds is 4. The monoisotopic (exact) mass is 529 g/mol. The first-order valence-electron chi connectivity index (χ1n) is 15.5. The van der Waals surface area contributed by atoms with E-state index >= 15 is 0 Å². The summed E-state index contributed by atoms with van der Waals surface area (Å²) in [4.78, 5) is 2.55. The van der Waals surface area contributed by atoms with Crippen LogP contribution in [0.3, 0.4) is 0 Å². The molecule has 0 aromatic heterocycles. The molecule has 200 valence electrons. The Morgan fingerprint density at radius 3 is 1.73 bits per heavy atom. The summed E-state index contributed by atoms with van der Waals surface area (Å²) in [6.45, 7) is 0. The lowest BCUT2D eigenvalue weighted by molar-refractivity contribution is -0.0397. The van der Waals surface area contributed by atoms with Crippen LogP contribution in [0, 0.1) is 23.7 Å². The zero-order valence-corrected chi connectivity index (χ0v) is 23.4. The molecule has 0 radical (unpaired) electrons. The molecule has 0 amide bonds. The molecule has 1 nitrogen and oxygen atoms in total. The average molecular weight is 530 g/mol. The van der Waals surface area contributed by atoms with Gasteiger partial charge in [0.1, 0.15) is 0 Å². The van der Waals surface area contributed by atoms with E-state index in [4.69, 9.17) is 0 Å². The van der Waals surface area contributed by atoms with E-state index in [-0.39, 0.29) is 5.41 Å². The lowest BCUT2D eigenvalue weighted by atomic mass is 9.43. The fourth-order valence-corrected chi connectivity index (χ4v) is 9.81. The van der Waals surface area contributed by atoms with Crippen LogP contribution in [0.5, 0.6) is 0 Å². The summed E-state index contributed by atoms with van der Waals surface area (Å²) in [5.41, 5.74) is 12.6. The van der Waals surface area contributed by atoms with Crippen LogP contribution in [0.4, 0.5) is 17.1 Å². The highest BCUT2D eigenvalue weighted by Gasteiger charge is 2.62. The predicted octanol–water partition coefficient (Wildman–Crippen LogP) is 10.5. The molecule has 5 aromatic carbocycles. The quantitative estimate of drug-likeness (QED) is 0.224. The predicted molar refractivity (Wildman–Crippen MR) is 170 cm³/mol. The van der Waals surface area contributed by atoms with Crippen molar-refractivity contribution in [1.29, 1.82) is 0 Å². The van der Waals surface area contributed by atoms with Crippen LogP contribution in [0.1, 0.15) is 43.2 Å². The van der Waals surface area contributed by atoms with E-state index in [2.05, 4.69) is 132 Å². The van der Waals surface area contributed by atoms with Crippen LogP contribution in [-0.4, -0.2) is 0 Å². The third kappa shape index (κ3) is 3.35. The van der Waals surface area contributed by atoms with Gasteiger partial charge in [0.05, 0.1) is 5.69 Å². The van der Waals surface area contributed by atoms with Gasteiger partial charge in [-0.1, -0.05) is 97.1 Å². The largest absolute Gasteiger partial charge is 0.310 e. The molecular weight excluding hydrogens is 494 g/mol. The van der Waals surface area contributed by atoms with Crippen LogP contribution in [-0.2, 0) is 5.41 Å². The first-order chi connectivity index (χ1) is 20.3. The Morgan fingerprint density at radius 2 is 1.02 bits per heavy atom. The van der Waals surface area contributed by atoms with Gasteiger partial charge in [-0.2, -0.15) is 0 Å². The fraction of sp³-hybridized carbons (Fsp3) is 0.250. The lowest BCUT2D eigenvalue weighted by Gasteiger charge is -2.61. The zero-order valence-electron chi connectivity index (χ0n) is 23.4. The number of para-hydroxylation sites is 1. The van der Waals surface area contributed by atoms with E-state index in [0.29, 0.717) is 0 Å². The average Bonchev–Trinajstić information content (AvgIpc) is 3.33. The van der Waals surface area contributed by atoms with E-state index in [9.17, 15) is 0 Å². The van der Waals surface area contributed by atoms with Gasteiger partial charge in [-0.15, -0.1) is 0 Å². The number of hydrogen-bond acceptors (Lipinski definition) is 1. The van der Waals surface area contributed by atoms with Crippen LogP contribution >= 0.6 is 0 Å².